The molecule has 0 radical (unpaired) electrons. The van der Waals surface area contributed by atoms with Crippen LogP contribution in [0.25, 0.3) is 17.2 Å². The van der Waals surface area contributed by atoms with Crippen LogP contribution in [0.5, 0.6) is 0 Å². The van der Waals surface area contributed by atoms with E-state index in [-0.39, 0.29) is 0 Å². The minimum Gasteiger partial charge on any atom is -0.231 e. The first-order valence-corrected chi connectivity index (χ1v) is 8.45. The zero-order chi connectivity index (χ0) is 16.6. The molecule has 8 heteroatoms. The second-order valence-corrected chi connectivity index (χ2v) is 6.52. The van der Waals surface area contributed by atoms with E-state index in [2.05, 4.69) is 43.2 Å². The van der Waals surface area contributed by atoms with Crippen molar-refractivity contribution >= 4 is 27.5 Å². The molecule has 0 N–H and O–H groups in total. The minimum atomic E-state index is 0.648. The van der Waals surface area contributed by atoms with Gasteiger partial charge in [0.15, 0.2) is 17.5 Å². The lowest BCUT2D eigenvalue weighted by atomic mass is 10.1. The Bertz CT molecular complexity index is 831. The van der Waals surface area contributed by atoms with Gasteiger partial charge in [0.2, 0.25) is 0 Å². The third kappa shape index (κ3) is 3.03. The number of nitrogens with zero attached hydrogens (tertiary/aromatic N) is 6. The minimum absolute atomic E-state index is 0.648. The monoisotopic (exact) mass is 394 g/mol. The molecule has 0 aliphatic heterocycles. The number of halogens is 2. The lowest BCUT2D eigenvalue weighted by Gasteiger charge is -2.08. The van der Waals surface area contributed by atoms with Crippen molar-refractivity contribution in [3.63, 3.8) is 0 Å². The maximum atomic E-state index is 6.31. The fraction of sp³-hybridized carbons (Fsp3) is 0.333. The van der Waals surface area contributed by atoms with Crippen LogP contribution in [-0.4, -0.2) is 29.8 Å². The normalized spacial score (nSPS) is 11.2. The van der Waals surface area contributed by atoms with Gasteiger partial charge in [-0.15, -0.1) is 10.2 Å². The summed E-state index contributed by atoms with van der Waals surface area (Å²) >= 11 is 9.80. The molecule has 6 nitrogen and oxygen atoms in total. The second-order valence-electron chi connectivity index (χ2n) is 5.32. The number of benzene rings is 1. The van der Waals surface area contributed by atoms with Crippen LogP contribution in [-0.2, 0) is 13.5 Å². The molecule has 2 heterocycles. The molecule has 0 aliphatic rings. The first kappa shape index (κ1) is 16.1. The molecule has 0 saturated heterocycles. The van der Waals surface area contributed by atoms with E-state index in [1.165, 1.54) is 0 Å². The summed E-state index contributed by atoms with van der Waals surface area (Å²) in [7, 11) is 1.83. The SMILES string of the molecule is CCCc1nc(-c2cc(C)c(Br)c(Cl)c2)n(-c2cnnn2C)n1. The Morgan fingerprint density at radius 3 is 2.70 bits per heavy atom. The van der Waals surface area contributed by atoms with E-state index in [4.69, 9.17) is 11.6 Å². The van der Waals surface area contributed by atoms with E-state index in [1.807, 2.05) is 26.1 Å². The predicted molar refractivity (Wildman–Crippen MR) is 92.8 cm³/mol. The summed E-state index contributed by atoms with van der Waals surface area (Å²) in [5.41, 5.74) is 1.95. The topological polar surface area (TPSA) is 61.4 Å². The Hall–Kier alpha value is -1.73. The van der Waals surface area contributed by atoms with Crippen molar-refractivity contribution in [3.8, 4) is 17.2 Å². The summed E-state index contributed by atoms with van der Waals surface area (Å²) < 4.78 is 4.33. The molecule has 3 rings (SSSR count). The summed E-state index contributed by atoms with van der Waals surface area (Å²) in [6.45, 7) is 4.10. The van der Waals surface area contributed by atoms with Crippen molar-refractivity contribution in [3.05, 3.63) is 39.2 Å². The van der Waals surface area contributed by atoms with Crippen LogP contribution in [0.4, 0.5) is 0 Å². The van der Waals surface area contributed by atoms with Gasteiger partial charge in [0.05, 0.1) is 11.2 Å². The Kier molecular flexibility index (Phi) is 4.50. The molecule has 0 spiro atoms. The van der Waals surface area contributed by atoms with Gasteiger partial charge in [-0.05, 0) is 47.0 Å². The van der Waals surface area contributed by atoms with Gasteiger partial charge in [0.1, 0.15) is 0 Å². The molecule has 0 bridgehead atoms. The summed E-state index contributed by atoms with van der Waals surface area (Å²) in [5.74, 6) is 2.28. The standard InChI is InChI=1S/C15H16BrClN6/c1-4-5-12-19-15(10-6-9(2)14(16)11(17)7-10)23(20-12)13-8-18-21-22(13)3/h6-8H,4-5H2,1-3H3. The van der Waals surface area contributed by atoms with Crippen molar-refractivity contribution in [1.29, 1.82) is 0 Å². The highest BCUT2D eigenvalue weighted by atomic mass is 79.9. The van der Waals surface area contributed by atoms with Crippen molar-refractivity contribution in [1.82, 2.24) is 29.8 Å². The van der Waals surface area contributed by atoms with Crippen LogP contribution in [0.15, 0.2) is 22.8 Å². The molecule has 0 unspecified atom stereocenters. The number of rotatable bonds is 4. The molecule has 1 aromatic carbocycles. The van der Waals surface area contributed by atoms with Crippen molar-refractivity contribution in [2.45, 2.75) is 26.7 Å². The third-order valence-electron chi connectivity index (χ3n) is 3.50. The van der Waals surface area contributed by atoms with Crippen LogP contribution >= 0.6 is 27.5 Å². The average molecular weight is 396 g/mol. The summed E-state index contributed by atoms with van der Waals surface area (Å²) in [6.07, 6.45) is 3.46. The van der Waals surface area contributed by atoms with E-state index in [0.717, 1.165) is 45.9 Å². The molecular formula is C15H16BrClN6. The average Bonchev–Trinajstić information content (AvgIpc) is 3.10. The maximum absolute atomic E-state index is 6.31. The predicted octanol–water partition coefficient (Wildman–Crippen LogP) is 3.74. The maximum Gasteiger partial charge on any atom is 0.174 e. The molecule has 0 atom stereocenters. The van der Waals surface area contributed by atoms with E-state index >= 15 is 0 Å². The van der Waals surface area contributed by atoms with E-state index in [0.29, 0.717) is 5.02 Å². The highest BCUT2D eigenvalue weighted by molar-refractivity contribution is 9.10. The van der Waals surface area contributed by atoms with Crippen molar-refractivity contribution < 1.29 is 0 Å². The second kappa shape index (κ2) is 6.41. The van der Waals surface area contributed by atoms with Gasteiger partial charge in [0, 0.05) is 23.5 Å². The van der Waals surface area contributed by atoms with Gasteiger partial charge >= 0.3 is 0 Å². The molecule has 0 aliphatic carbocycles. The summed E-state index contributed by atoms with van der Waals surface area (Å²) in [6, 6.07) is 3.93. The van der Waals surface area contributed by atoms with Crippen molar-refractivity contribution in [2.75, 3.05) is 0 Å². The van der Waals surface area contributed by atoms with Crippen LogP contribution in [0.3, 0.4) is 0 Å². The van der Waals surface area contributed by atoms with Crippen LogP contribution in [0, 0.1) is 6.92 Å². The van der Waals surface area contributed by atoms with Gasteiger partial charge in [-0.3, -0.25) is 0 Å². The van der Waals surface area contributed by atoms with Gasteiger partial charge in [-0.1, -0.05) is 23.7 Å². The molecule has 3 aromatic rings. The molecule has 0 fully saturated rings. The zero-order valence-corrected chi connectivity index (χ0v) is 15.4. The fourth-order valence-corrected chi connectivity index (χ4v) is 2.86. The Balaban J connectivity index is 2.20. The first-order valence-electron chi connectivity index (χ1n) is 7.28. The number of aryl methyl sites for hydroxylation is 3. The molecular weight excluding hydrogens is 380 g/mol. The molecule has 0 saturated carbocycles. The van der Waals surface area contributed by atoms with Crippen LogP contribution < -0.4 is 0 Å². The first-order chi connectivity index (χ1) is 11.0. The fourth-order valence-electron chi connectivity index (χ4n) is 2.36. The van der Waals surface area contributed by atoms with Crippen LogP contribution in [0.2, 0.25) is 5.02 Å². The Morgan fingerprint density at radius 1 is 1.30 bits per heavy atom. The molecule has 23 heavy (non-hydrogen) atoms. The van der Waals surface area contributed by atoms with Crippen LogP contribution in [0.1, 0.15) is 24.7 Å². The highest BCUT2D eigenvalue weighted by Gasteiger charge is 2.17. The molecule has 120 valence electrons. The Labute approximate surface area is 147 Å². The van der Waals surface area contributed by atoms with Crippen molar-refractivity contribution in [2.24, 2.45) is 7.05 Å². The quantitative estimate of drug-likeness (QED) is 0.675. The summed E-state index contributed by atoms with van der Waals surface area (Å²) in [4.78, 5) is 4.69. The lowest BCUT2D eigenvalue weighted by Crippen LogP contribution is -2.06. The van der Waals surface area contributed by atoms with E-state index in [1.54, 1.807) is 15.6 Å². The molecule has 2 aromatic heterocycles. The zero-order valence-electron chi connectivity index (χ0n) is 13.1. The van der Waals surface area contributed by atoms with Gasteiger partial charge in [0.25, 0.3) is 0 Å². The van der Waals surface area contributed by atoms with Gasteiger partial charge in [-0.2, -0.15) is 4.68 Å². The van der Waals surface area contributed by atoms with E-state index in [9.17, 15) is 0 Å². The highest BCUT2D eigenvalue weighted by Crippen LogP contribution is 2.32. The number of aromatic nitrogens is 6. The smallest absolute Gasteiger partial charge is 0.174 e. The van der Waals surface area contributed by atoms with Gasteiger partial charge in [-0.25, -0.2) is 9.67 Å². The lowest BCUT2D eigenvalue weighted by molar-refractivity contribution is 0.668. The van der Waals surface area contributed by atoms with Gasteiger partial charge < -0.3 is 0 Å². The molecule has 0 amide bonds. The van der Waals surface area contributed by atoms with E-state index < -0.39 is 0 Å². The Morgan fingerprint density at radius 2 is 2.09 bits per heavy atom. The summed E-state index contributed by atoms with van der Waals surface area (Å²) in [5, 5.41) is 13.2. The number of hydrogen-bond acceptors (Lipinski definition) is 4. The third-order valence-corrected chi connectivity index (χ3v) is 5.08. The number of hydrogen-bond donors (Lipinski definition) is 0. The largest absolute Gasteiger partial charge is 0.231 e.